The Morgan fingerprint density at radius 1 is 1.22 bits per heavy atom. The van der Waals surface area contributed by atoms with Crippen molar-refractivity contribution in [2.45, 2.75) is 15.2 Å². The molecule has 0 spiro atoms. The van der Waals surface area contributed by atoms with E-state index >= 15 is 0 Å². The van der Waals surface area contributed by atoms with Crippen molar-refractivity contribution in [2.75, 3.05) is 4.72 Å². The highest BCUT2D eigenvalue weighted by atomic mass is 32.2. The second kappa shape index (κ2) is 4.77. The highest BCUT2D eigenvalue weighted by molar-refractivity contribution is 8.02. The molecule has 0 saturated carbocycles. The molecular formula is C5H2F6N2O2S3. The summed E-state index contributed by atoms with van der Waals surface area (Å²) < 4.78 is 93.3. The van der Waals surface area contributed by atoms with E-state index in [2.05, 4.69) is 4.98 Å². The number of sulfonamides is 1. The maximum absolute atomic E-state index is 11.9. The summed E-state index contributed by atoms with van der Waals surface area (Å²) >= 11 is -0.461. The lowest BCUT2D eigenvalue weighted by Gasteiger charge is -2.07. The van der Waals surface area contributed by atoms with Crippen LogP contribution in [0.15, 0.2) is 10.4 Å². The van der Waals surface area contributed by atoms with Crippen LogP contribution in [0.25, 0.3) is 0 Å². The maximum Gasteiger partial charge on any atom is 0.516 e. The van der Waals surface area contributed by atoms with E-state index in [1.54, 1.807) is 0 Å². The number of halogens is 6. The molecule has 0 saturated heterocycles. The zero-order valence-electron chi connectivity index (χ0n) is 7.83. The Morgan fingerprint density at radius 2 is 1.78 bits per heavy atom. The van der Waals surface area contributed by atoms with Gasteiger partial charge >= 0.3 is 21.0 Å². The number of hydrogen-bond acceptors (Lipinski definition) is 5. The minimum absolute atomic E-state index is 0.144. The van der Waals surface area contributed by atoms with Gasteiger partial charge in [-0.1, -0.05) is 11.3 Å². The van der Waals surface area contributed by atoms with Crippen LogP contribution in [0.2, 0.25) is 0 Å². The third kappa shape index (κ3) is 4.20. The van der Waals surface area contributed by atoms with Crippen molar-refractivity contribution < 1.29 is 34.8 Å². The van der Waals surface area contributed by atoms with Crippen LogP contribution in [0, 0.1) is 0 Å². The number of nitrogens with one attached hydrogen (secondary N) is 1. The van der Waals surface area contributed by atoms with Crippen molar-refractivity contribution in [3.63, 3.8) is 0 Å². The number of nitrogens with zero attached hydrogens (tertiary/aromatic N) is 1. The Labute approximate surface area is 104 Å². The van der Waals surface area contributed by atoms with Gasteiger partial charge in [-0.05, 0) is 11.8 Å². The molecule has 1 heterocycles. The predicted molar refractivity (Wildman–Crippen MR) is 52.6 cm³/mol. The summed E-state index contributed by atoms with van der Waals surface area (Å²) in [6.07, 6.45) is 0.622. The van der Waals surface area contributed by atoms with Gasteiger partial charge in [-0.3, -0.25) is 4.72 Å². The molecule has 4 nitrogen and oxygen atoms in total. The molecule has 1 N–H and O–H groups in total. The number of aromatic nitrogens is 1. The van der Waals surface area contributed by atoms with Crippen LogP contribution in [0.5, 0.6) is 0 Å². The normalized spacial score (nSPS) is 13.7. The summed E-state index contributed by atoms with van der Waals surface area (Å²) in [5, 5.41) is -0.793. The summed E-state index contributed by atoms with van der Waals surface area (Å²) in [4.78, 5) is 3.11. The van der Waals surface area contributed by atoms with Gasteiger partial charge in [0.1, 0.15) is 0 Å². The number of rotatable bonds is 3. The fourth-order valence-electron chi connectivity index (χ4n) is 0.641. The monoisotopic (exact) mass is 332 g/mol. The maximum atomic E-state index is 11.9. The summed E-state index contributed by atoms with van der Waals surface area (Å²) in [6, 6.07) is 0. The lowest BCUT2D eigenvalue weighted by molar-refractivity contribution is -0.0429. The van der Waals surface area contributed by atoms with E-state index in [0.717, 1.165) is 4.72 Å². The largest absolute Gasteiger partial charge is 0.516 e. The van der Waals surface area contributed by atoms with Crippen LogP contribution in [-0.4, -0.2) is 24.4 Å². The molecular weight excluding hydrogens is 330 g/mol. The first kappa shape index (κ1) is 15.4. The minimum atomic E-state index is -5.67. The van der Waals surface area contributed by atoms with Crippen molar-refractivity contribution in [3.05, 3.63) is 6.20 Å². The van der Waals surface area contributed by atoms with Crippen molar-refractivity contribution in [3.8, 4) is 0 Å². The zero-order chi connectivity index (χ0) is 14.2. The summed E-state index contributed by atoms with van der Waals surface area (Å²) in [7, 11) is -5.67. The minimum Gasteiger partial charge on any atom is -0.251 e. The standard InChI is InChI=1S/C5H2F6N2O2S3/c6-4(7,8)17-2-1-12-3(16-2)13-18(14,15)5(9,10)11/h1H,(H,12,13). The summed E-state index contributed by atoms with van der Waals surface area (Å²) in [6.45, 7) is 0. The molecule has 1 aromatic heterocycles. The smallest absolute Gasteiger partial charge is 0.251 e. The van der Waals surface area contributed by atoms with E-state index in [4.69, 9.17) is 0 Å². The third-order valence-electron chi connectivity index (χ3n) is 1.23. The third-order valence-corrected chi connectivity index (χ3v) is 4.17. The fourth-order valence-corrected chi connectivity index (χ4v) is 2.96. The molecule has 0 unspecified atom stereocenters. The highest BCUT2D eigenvalue weighted by Crippen LogP contribution is 2.41. The molecule has 0 aliphatic rings. The van der Waals surface area contributed by atoms with Crippen LogP contribution >= 0.6 is 23.1 Å². The number of thiazole rings is 1. The van der Waals surface area contributed by atoms with E-state index in [1.165, 1.54) is 0 Å². The van der Waals surface area contributed by atoms with E-state index in [-0.39, 0.29) is 11.3 Å². The topological polar surface area (TPSA) is 59.1 Å². The molecule has 104 valence electrons. The number of anilines is 1. The van der Waals surface area contributed by atoms with Crippen molar-refractivity contribution in [1.82, 2.24) is 4.98 Å². The van der Waals surface area contributed by atoms with Gasteiger partial charge in [-0.15, -0.1) is 0 Å². The van der Waals surface area contributed by atoms with Crippen molar-refractivity contribution in [2.24, 2.45) is 0 Å². The van der Waals surface area contributed by atoms with Gasteiger partial charge < -0.3 is 0 Å². The molecule has 0 bridgehead atoms. The van der Waals surface area contributed by atoms with Crippen molar-refractivity contribution >= 4 is 38.3 Å². The van der Waals surface area contributed by atoms with Crippen LogP contribution in [-0.2, 0) is 10.0 Å². The van der Waals surface area contributed by atoms with Gasteiger partial charge in [0, 0.05) is 0 Å². The van der Waals surface area contributed by atoms with Gasteiger partial charge in [0.2, 0.25) is 0 Å². The number of hydrogen-bond donors (Lipinski definition) is 1. The first-order valence-corrected chi connectivity index (χ1v) is 6.83. The molecule has 13 heteroatoms. The molecule has 0 radical (unpaired) electrons. The van der Waals surface area contributed by atoms with Crippen LogP contribution in [0.4, 0.5) is 31.5 Å². The van der Waals surface area contributed by atoms with E-state index < -0.39 is 42.1 Å². The molecule has 0 aliphatic carbocycles. The average molecular weight is 332 g/mol. The van der Waals surface area contributed by atoms with Gasteiger partial charge in [0.15, 0.2) is 5.13 Å². The quantitative estimate of drug-likeness (QED) is 0.683. The first-order valence-electron chi connectivity index (χ1n) is 3.71. The van der Waals surface area contributed by atoms with E-state index in [0.29, 0.717) is 6.20 Å². The Kier molecular flexibility index (Phi) is 4.07. The highest BCUT2D eigenvalue weighted by Gasteiger charge is 2.46. The van der Waals surface area contributed by atoms with Gasteiger partial charge in [0.25, 0.3) is 0 Å². The Bertz CT molecular complexity index is 518. The van der Waals surface area contributed by atoms with Crippen LogP contribution in [0.3, 0.4) is 0 Å². The Balaban J connectivity index is 2.83. The van der Waals surface area contributed by atoms with E-state index in [1.807, 2.05) is 0 Å². The zero-order valence-corrected chi connectivity index (χ0v) is 10.3. The van der Waals surface area contributed by atoms with Gasteiger partial charge in [-0.25, -0.2) is 4.98 Å². The summed E-state index contributed by atoms with van der Waals surface area (Å²) in [5.74, 6) is 0. The second-order valence-corrected chi connectivity index (χ2v) is 6.65. The predicted octanol–water partition coefficient (Wildman–Crippen LogP) is 3.02. The molecule has 0 fully saturated rings. The lowest BCUT2D eigenvalue weighted by Crippen LogP contribution is -2.29. The molecule has 0 atom stereocenters. The van der Waals surface area contributed by atoms with Gasteiger partial charge in [0.05, 0.1) is 10.4 Å². The molecule has 0 aromatic carbocycles. The Morgan fingerprint density at radius 3 is 2.22 bits per heavy atom. The molecule has 1 aromatic rings. The van der Waals surface area contributed by atoms with Crippen molar-refractivity contribution in [1.29, 1.82) is 0 Å². The van der Waals surface area contributed by atoms with E-state index in [9.17, 15) is 34.8 Å². The molecule has 0 amide bonds. The first-order chi connectivity index (χ1) is 7.91. The molecule has 1 rings (SSSR count). The number of alkyl halides is 6. The molecule has 0 aliphatic heterocycles. The lowest BCUT2D eigenvalue weighted by atomic mass is 11.0. The van der Waals surface area contributed by atoms with Gasteiger partial charge in [-0.2, -0.15) is 34.8 Å². The molecule has 18 heavy (non-hydrogen) atoms. The van der Waals surface area contributed by atoms with Crippen LogP contribution in [0.1, 0.15) is 0 Å². The number of thioether (sulfide) groups is 1. The average Bonchev–Trinajstić information content (AvgIpc) is 2.45. The SMILES string of the molecule is O=S(=O)(Nc1ncc(SC(F)(F)F)s1)C(F)(F)F. The van der Waals surface area contributed by atoms with Crippen LogP contribution < -0.4 is 4.72 Å². The Hall–Kier alpha value is -0.690. The summed E-state index contributed by atoms with van der Waals surface area (Å²) in [5.41, 5.74) is -10.2. The fraction of sp³-hybridized carbons (Fsp3) is 0.400. The second-order valence-electron chi connectivity index (χ2n) is 2.58.